The molecule has 2 aromatic rings. The van der Waals surface area contributed by atoms with Crippen LogP contribution in [0.2, 0.25) is 5.02 Å². The second kappa shape index (κ2) is 5.11. The number of nitrogens with two attached hydrogens (primary N) is 2. The van der Waals surface area contributed by atoms with Crippen molar-refractivity contribution in [1.29, 1.82) is 0 Å². The lowest BCUT2D eigenvalue weighted by Gasteiger charge is -2.08. The van der Waals surface area contributed by atoms with Gasteiger partial charge < -0.3 is 16.2 Å². The van der Waals surface area contributed by atoms with Crippen LogP contribution in [0.25, 0.3) is 0 Å². The number of carbonyl (C=O) groups excluding carboxylic acids is 1. The van der Waals surface area contributed by atoms with Gasteiger partial charge in [-0.3, -0.25) is 4.79 Å². The van der Waals surface area contributed by atoms with Gasteiger partial charge in [-0.15, -0.1) is 0 Å². The summed E-state index contributed by atoms with van der Waals surface area (Å²) in [6, 6.07) is 5.17. The summed E-state index contributed by atoms with van der Waals surface area (Å²) in [5.41, 5.74) is 11.0. The number of benzene rings is 1. The van der Waals surface area contributed by atoms with Gasteiger partial charge in [-0.25, -0.2) is 9.37 Å². The Morgan fingerprint density at radius 1 is 1.37 bits per heavy atom. The minimum Gasteiger partial charge on any atom is -0.438 e. The molecule has 0 fully saturated rings. The van der Waals surface area contributed by atoms with Crippen molar-refractivity contribution in [3.05, 3.63) is 46.9 Å². The van der Waals surface area contributed by atoms with Gasteiger partial charge in [-0.2, -0.15) is 0 Å². The van der Waals surface area contributed by atoms with E-state index < -0.39 is 11.7 Å². The normalized spacial score (nSPS) is 10.2. The van der Waals surface area contributed by atoms with Crippen LogP contribution < -0.4 is 16.2 Å². The average molecular weight is 282 g/mol. The van der Waals surface area contributed by atoms with Crippen LogP contribution >= 0.6 is 11.6 Å². The average Bonchev–Trinajstić information content (AvgIpc) is 2.36. The van der Waals surface area contributed by atoms with Crippen LogP contribution in [0.1, 0.15) is 10.4 Å². The van der Waals surface area contributed by atoms with Crippen molar-refractivity contribution in [2.24, 2.45) is 5.73 Å². The maximum Gasteiger partial charge on any atom is 0.254 e. The Labute approximate surface area is 112 Å². The van der Waals surface area contributed by atoms with E-state index in [0.29, 0.717) is 0 Å². The second-order valence-corrected chi connectivity index (χ2v) is 4.07. The molecule has 19 heavy (non-hydrogen) atoms. The van der Waals surface area contributed by atoms with Gasteiger partial charge in [0, 0.05) is 6.07 Å². The van der Waals surface area contributed by atoms with Gasteiger partial charge in [0.05, 0.1) is 16.9 Å². The van der Waals surface area contributed by atoms with Gasteiger partial charge in [0.25, 0.3) is 5.91 Å². The highest BCUT2D eigenvalue weighted by Crippen LogP contribution is 2.27. The Morgan fingerprint density at radius 3 is 2.74 bits per heavy atom. The minimum absolute atomic E-state index is 0.00959. The molecular formula is C12H9ClFN3O2. The minimum atomic E-state index is -0.746. The number of rotatable bonds is 3. The first-order valence-electron chi connectivity index (χ1n) is 5.15. The smallest absolute Gasteiger partial charge is 0.254 e. The Morgan fingerprint density at radius 2 is 2.11 bits per heavy atom. The molecule has 5 nitrogen and oxygen atoms in total. The molecular weight excluding hydrogens is 273 g/mol. The third kappa shape index (κ3) is 2.92. The largest absolute Gasteiger partial charge is 0.438 e. The molecule has 0 aliphatic heterocycles. The highest BCUT2D eigenvalue weighted by Gasteiger charge is 2.13. The number of nitrogen functional groups attached to an aromatic ring is 1. The second-order valence-electron chi connectivity index (χ2n) is 3.66. The molecule has 0 atom stereocenters. The molecule has 0 aliphatic rings. The molecule has 7 heteroatoms. The van der Waals surface area contributed by atoms with E-state index >= 15 is 0 Å². The van der Waals surface area contributed by atoms with Gasteiger partial charge >= 0.3 is 0 Å². The van der Waals surface area contributed by atoms with Crippen LogP contribution in [0.4, 0.5) is 10.1 Å². The maximum absolute atomic E-state index is 13.3. The van der Waals surface area contributed by atoms with E-state index in [1.54, 1.807) is 0 Å². The highest BCUT2D eigenvalue weighted by molar-refractivity contribution is 6.30. The van der Waals surface area contributed by atoms with Crippen LogP contribution in [0.5, 0.6) is 11.6 Å². The molecule has 0 radical (unpaired) electrons. The van der Waals surface area contributed by atoms with Crippen LogP contribution in [-0.4, -0.2) is 10.9 Å². The van der Waals surface area contributed by atoms with Crippen molar-refractivity contribution in [3.63, 3.8) is 0 Å². The lowest BCUT2D eigenvalue weighted by molar-refractivity contribution is 0.0997. The predicted molar refractivity (Wildman–Crippen MR) is 68.7 cm³/mol. The van der Waals surface area contributed by atoms with E-state index in [0.717, 1.165) is 6.07 Å². The van der Waals surface area contributed by atoms with Crippen LogP contribution in [0.3, 0.4) is 0 Å². The topological polar surface area (TPSA) is 91.2 Å². The molecule has 0 unspecified atom stereocenters. The summed E-state index contributed by atoms with van der Waals surface area (Å²) in [7, 11) is 0. The van der Waals surface area contributed by atoms with E-state index in [1.165, 1.54) is 24.4 Å². The summed E-state index contributed by atoms with van der Waals surface area (Å²) in [4.78, 5) is 15.1. The zero-order chi connectivity index (χ0) is 14.0. The van der Waals surface area contributed by atoms with Gasteiger partial charge in [-0.1, -0.05) is 11.6 Å². The van der Waals surface area contributed by atoms with Gasteiger partial charge in [-0.05, 0) is 18.2 Å². The quantitative estimate of drug-likeness (QED) is 0.903. The van der Waals surface area contributed by atoms with E-state index in [4.69, 9.17) is 27.8 Å². The van der Waals surface area contributed by atoms with Gasteiger partial charge in [0.15, 0.2) is 0 Å². The van der Waals surface area contributed by atoms with E-state index in [1.807, 2.05) is 0 Å². The lowest BCUT2D eigenvalue weighted by atomic mass is 10.2. The fourth-order valence-corrected chi connectivity index (χ4v) is 1.50. The molecule has 0 aliphatic carbocycles. The van der Waals surface area contributed by atoms with Crippen molar-refractivity contribution in [2.75, 3.05) is 5.73 Å². The van der Waals surface area contributed by atoms with Crippen LogP contribution in [0, 0.1) is 5.82 Å². The first-order valence-corrected chi connectivity index (χ1v) is 5.53. The van der Waals surface area contributed by atoms with Crippen molar-refractivity contribution in [3.8, 4) is 11.6 Å². The number of carbonyl (C=O) groups is 1. The van der Waals surface area contributed by atoms with Crippen LogP contribution in [0.15, 0.2) is 30.5 Å². The Kier molecular flexibility index (Phi) is 3.52. The van der Waals surface area contributed by atoms with E-state index in [9.17, 15) is 9.18 Å². The molecule has 4 N–H and O–H groups in total. The summed E-state index contributed by atoms with van der Waals surface area (Å²) in [6.45, 7) is 0. The molecule has 0 spiro atoms. The third-order valence-corrected chi connectivity index (χ3v) is 2.55. The fraction of sp³-hybridized carbons (Fsp3) is 0. The Hall–Kier alpha value is -2.34. The van der Waals surface area contributed by atoms with Gasteiger partial charge in [0.1, 0.15) is 17.1 Å². The zero-order valence-electron chi connectivity index (χ0n) is 9.56. The monoisotopic (exact) mass is 281 g/mol. The summed E-state index contributed by atoms with van der Waals surface area (Å²) in [6.07, 6.45) is 1.30. The molecule has 0 saturated carbocycles. The molecule has 0 bridgehead atoms. The summed E-state index contributed by atoms with van der Waals surface area (Å²) in [5.74, 6) is -1.30. The number of hydrogen-bond acceptors (Lipinski definition) is 4. The SMILES string of the molecule is NC(=O)c1cc(N)cnc1Oc1ccc(Cl)c(F)c1. The number of pyridine rings is 1. The highest BCUT2D eigenvalue weighted by atomic mass is 35.5. The van der Waals surface area contributed by atoms with Crippen molar-refractivity contribution < 1.29 is 13.9 Å². The number of anilines is 1. The number of primary amides is 1. The third-order valence-electron chi connectivity index (χ3n) is 2.24. The summed E-state index contributed by atoms with van der Waals surface area (Å²) >= 11 is 5.55. The molecule has 0 saturated heterocycles. The standard InChI is InChI=1S/C12H9ClFN3O2/c13-9-2-1-7(4-10(9)14)19-12-8(11(16)18)3-6(15)5-17-12/h1-5H,15H2,(H2,16,18). The van der Waals surface area contributed by atoms with Crippen molar-refractivity contribution in [1.82, 2.24) is 4.98 Å². The molecule has 1 aromatic heterocycles. The van der Waals surface area contributed by atoms with Crippen LogP contribution in [-0.2, 0) is 0 Å². The number of aromatic nitrogens is 1. The molecule has 1 aromatic carbocycles. The lowest BCUT2D eigenvalue weighted by Crippen LogP contribution is -2.13. The maximum atomic E-state index is 13.3. The Balaban J connectivity index is 2.37. The van der Waals surface area contributed by atoms with E-state index in [2.05, 4.69) is 4.98 Å². The molecule has 1 heterocycles. The number of ether oxygens (including phenoxy) is 1. The van der Waals surface area contributed by atoms with E-state index in [-0.39, 0.29) is 27.9 Å². The van der Waals surface area contributed by atoms with Gasteiger partial charge in [0.2, 0.25) is 5.88 Å². The first kappa shape index (κ1) is 13.1. The summed E-state index contributed by atoms with van der Waals surface area (Å²) < 4.78 is 18.6. The molecule has 2 rings (SSSR count). The zero-order valence-corrected chi connectivity index (χ0v) is 10.3. The molecule has 98 valence electrons. The number of amides is 1. The fourth-order valence-electron chi connectivity index (χ4n) is 1.38. The predicted octanol–water partition coefficient (Wildman–Crippen LogP) is 2.35. The Bertz CT molecular complexity index is 649. The summed E-state index contributed by atoms with van der Waals surface area (Å²) in [5, 5.41) is -0.0345. The number of hydrogen-bond donors (Lipinski definition) is 2. The van der Waals surface area contributed by atoms with Crippen molar-refractivity contribution in [2.45, 2.75) is 0 Å². The van der Waals surface area contributed by atoms with Crippen molar-refractivity contribution >= 4 is 23.2 Å². The first-order chi connectivity index (χ1) is 8.97. The number of nitrogens with zero attached hydrogens (tertiary/aromatic N) is 1. The number of halogens is 2. The molecule has 1 amide bonds.